The molecule has 2 aromatic rings. The fourth-order valence-electron chi connectivity index (χ4n) is 2.43. The fourth-order valence-corrected chi connectivity index (χ4v) is 4.79. The quantitative estimate of drug-likeness (QED) is 0.467. The van der Waals surface area contributed by atoms with Gasteiger partial charge in [0.15, 0.2) is 6.10 Å². The number of esters is 1. The zero-order valence-electron chi connectivity index (χ0n) is 15.4. The summed E-state index contributed by atoms with van der Waals surface area (Å²) in [6.45, 7) is 0.0828. The lowest BCUT2D eigenvalue weighted by molar-refractivity contribution is -0.150. The number of nitrogens with one attached hydrogen (secondary N) is 1. The van der Waals surface area contributed by atoms with Gasteiger partial charge in [-0.2, -0.15) is 0 Å². The van der Waals surface area contributed by atoms with E-state index in [1.807, 2.05) is 0 Å². The van der Waals surface area contributed by atoms with Crippen LogP contribution in [0.1, 0.15) is 11.1 Å². The Bertz CT molecular complexity index is 992. The maximum Gasteiger partial charge on any atom is 0.335 e. The highest BCUT2D eigenvalue weighted by Crippen LogP contribution is 2.36. The third-order valence-electron chi connectivity index (χ3n) is 3.71. The summed E-state index contributed by atoms with van der Waals surface area (Å²) in [6, 6.07) is 8.38. The first-order valence-corrected chi connectivity index (χ1v) is 12.0. The number of rotatable bonds is 8. The van der Waals surface area contributed by atoms with E-state index < -0.39 is 22.1 Å². The summed E-state index contributed by atoms with van der Waals surface area (Å²) >= 11 is 13.1. The van der Waals surface area contributed by atoms with E-state index in [-0.39, 0.29) is 23.7 Å². The Labute approximate surface area is 190 Å². The molecule has 0 saturated carbocycles. The van der Waals surface area contributed by atoms with Gasteiger partial charge in [0.2, 0.25) is 10.0 Å². The molecule has 29 heavy (non-hydrogen) atoms. The molecule has 0 fully saturated rings. The molecule has 11 heteroatoms. The summed E-state index contributed by atoms with van der Waals surface area (Å²) in [5, 5.41) is 10.1. The molecule has 0 bridgehead atoms. The van der Waals surface area contributed by atoms with E-state index in [1.54, 1.807) is 30.3 Å². The fraction of sp³-hybridized carbons (Fsp3) is 0.278. The number of halogens is 3. The number of aliphatic hydroxyl groups is 1. The van der Waals surface area contributed by atoms with E-state index in [4.69, 9.17) is 16.3 Å². The van der Waals surface area contributed by atoms with Crippen molar-refractivity contribution in [1.29, 1.82) is 0 Å². The van der Waals surface area contributed by atoms with Crippen LogP contribution in [-0.2, 0) is 32.6 Å². The van der Waals surface area contributed by atoms with Gasteiger partial charge in [0.05, 0.1) is 33.0 Å². The van der Waals surface area contributed by atoms with E-state index in [0.717, 1.165) is 6.26 Å². The lowest BCUT2D eigenvalue weighted by atomic mass is 10.1. The highest BCUT2D eigenvalue weighted by molar-refractivity contribution is 9.11. The first-order valence-electron chi connectivity index (χ1n) is 8.13. The van der Waals surface area contributed by atoms with Crippen molar-refractivity contribution in [2.45, 2.75) is 19.1 Å². The molecular formula is C18H18Br2ClNO6S. The molecule has 0 amide bonds. The van der Waals surface area contributed by atoms with E-state index in [0.29, 0.717) is 25.8 Å². The van der Waals surface area contributed by atoms with Crippen molar-refractivity contribution in [3.63, 3.8) is 0 Å². The van der Waals surface area contributed by atoms with Crippen molar-refractivity contribution < 1.29 is 27.8 Å². The number of carbonyl (C=O) groups excluding carboxylic acids is 1. The van der Waals surface area contributed by atoms with Gasteiger partial charge >= 0.3 is 5.97 Å². The van der Waals surface area contributed by atoms with Gasteiger partial charge in [-0.3, -0.25) is 4.72 Å². The summed E-state index contributed by atoms with van der Waals surface area (Å²) < 4.78 is 36.8. The number of carbonyl (C=O) groups is 1. The number of aliphatic hydroxyl groups excluding tert-OH is 1. The molecule has 158 valence electrons. The van der Waals surface area contributed by atoms with Gasteiger partial charge in [-0.1, -0.05) is 23.7 Å². The highest BCUT2D eigenvalue weighted by Gasteiger charge is 2.18. The van der Waals surface area contributed by atoms with Crippen LogP contribution < -0.4 is 9.46 Å². The molecule has 0 aromatic heterocycles. The highest BCUT2D eigenvalue weighted by atomic mass is 79.9. The summed E-state index contributed by atoms with van der Waals surface area (Å²) in [5.41, 5.74) is 1.54. The molecule has 0 spiro atoms. The number of hydrogen-bond donors (Lipinski definition) is 2. The lowest BCUT2D eigenvalue weighted by Crippen LogP contribution is -2.24. The van der Waals surface area contributed by atoms with E-state index >= 15 is 0 Å². The minimum Gasteiger partial charge on any atom is -0.486 e. The van der Waals surface area contributed by atoms with Crippen molar-refractivity contribution in [1.82, 2.24) is 0 Å². The van der Waals surface area contributed by atoms with Crippen LogP contribution in [0, 0.1) is 0 Å². The SMILES string of the molecule is COC(=O)C(O)Cc1cc(Br)c(OCc2cccc(NS(C)(=O)=O)c2Cl)c(Br)c1. The van der Waals surface area contributed by atoms with Crippen LogP contribution >= 0.6 is 43.5 Å². The Morgan fingerprint density at radius 1 is 1.28 bits per heavy atom. The standard InChI is InChI=1S/C18H18Br2ClNO6S/c1-27-18(24)15(23)8-10-6-12(19)17(13(20)7-10)28-9-11-4-3-5-14(16(11)21)22-29(2,25)26/h3-7,15,22-23H,8-9H2,1-2H3. The second kappa shape index (κ2) is 10.1. The van der Waals surface area contributed by atoms with Crippen LogP contribution in [0.4, 0.5) is 5.69 Å². The molecule has 1 unspecified atom stereocenters. The van der Waals surface area contributed by atoms with Crippen LogP contribution in [-0.4, -0.2) is 39.0 Å². The Balaban J connectivity index is 2.17. The Hall–Kier alpha value is -1.33. The van der Waals surface area contributed by atoms with Crippen LogP contribution in [0.15, 0.2) is 39.3 Å². The number of ether oxygens (including phenoxy) is 2. The molecular weight excluding hydrogens is 554 g/mol. The molecule has 0 aliphatic rings. The normalized spacial score (nSPS) is 12.3. The zero-order chi connectivity index (χ0) is 21.8. The van der Waals surface area contributed by atoms with Crippen molar-refractivity contribution in [3.05, 3.63) is 55.4 Å². The molecule has 7 nitrogen and oxygen atoms in total. The number of benzene rings is 2. The minimum absolute atomic E-state index is 0.0786. The average molecular weight is 572 g/mol. The third-order valence-corrected chi connectivity index (χ3v) is 5.92. The zero-order valence-corrected chi connectivity index (χ0v) is 20.2. The Morgan fingerprint density at radius 3 is 2.45 bits per heavy atom. The Kier molecular flexibility index (Phi) is 8.36. The molecule has 2 rings (SSSR count). The number of hydrogen-bond acceptors (Lipinski definition) is 6. The number of anilines is 1. The molecule has 2 aromatic carbocycles. The topological polar surface area (TPSA) is 102 Å². The average Bonchev–Trinajstić information content (AvgIpc) is 2.62. The smallest absolute Gasteiger partial charge is 0.335 e. The van der Waals surface area contributed by atoms with E-state index in [1.165, 1.54) is 7.11 Å². The summed E-state index contributed by atoms with van der Waals surface area (Å²) in [6.07, 6.45) is -0.149. The largest absolute Gasteiger partial charge is 0.486 e. The summed E-state index contributed by atoms with van der Waals surface area (Å²) in [5.74, 6) is -0.228. The maximum absolute atomic E-state index is 11.4. The first-order chi connectivity index (χ1) is 13.5. The van der Waals surface area contributed by atoms with Gasteiger partial charge < -0.3 is 14.6 Å². The van der Waals surface area contributed by atoms with Gasteiger partial charge in [-0.05, 0) is 55.6 Å². The van der Waals surface area contributed by atoms with Gasteiger partial charge in [-0.15, -0.1) is 0 Å². The van der Waals surface area contributed by atoms with E-state index in [9.17, 15) is 18.3 Å². The molecule has 0 radical (unpaired) electrons. The van der Waals surface area contributed by atoms with Crippen molar-refractivity contribution in [3.8, 4) is 5.75 Å². The van der Waals surface area contributed by atoms with Crippen LogP contribution in [0.2, 0.25) is 5.02 Å². The first kappa shape index (κ1) is 23.9. The van der Waals surface area contributed by atoms with Crippen molar-refractivity contribution >= 4 is 65.1 Å². The molecule has 0 heterocycles. The number of sulfonamides is 1. The van der Waals surface area contributed by atoms with Crippen LogP contribution in [0.25, 0.3) is 0 Å². The molecule has 0 aliphatic heterocycles. The van der Waals surface area contributed by atoms with Gasteiger partial charge in [0.25, 0.3) is 0 Å². The molecule has 0 aliphatic carbocycles. The van der Waals surface area contributed by atoms with Crippen molar-refractivity contribution in [2.75, 3.05) is 18.1 Å². The van der Waals surface area contributed by atoms with Gasteiger partial charge in [0.1, 0.15) is 12.4 Å². The summed E-state index contributed by atoms with van der Waals surface area (Å²) in [7, 11) is -2.26. The van der Waals surface area contributed by atoms with Crippen LogP contribution in [0.5, 0.6) is 5.75 Å². The van der Waals surface area contributed by atoms with Crippen molar-refractivity contribution in [2.24, 2.45) is 0 Å². The van der Waals surface area contributed by atoms with Gasteiger partial charge in [-0.25, -0.2) is 13.2 Å². The monoisotopic (exact) mass is 569 g/mol. The van der Waals surface area contributed by atoms with E-state index in [2.05, 4.69) is 41.3 Å². The summed E-state index contributed by atoms with van der Waals surface area (Å²) in [4.78, 5) is 11.4. The number of methoxy groups -OCH3 is 1. The Morgan fingerprint density at radius 2 is 1.90 bits per heavy atom. The van der Waals surface area contributed by atoms with Crippen LogP contribution in [0.3, 0.4) is 0 Å². The predicted octanol–water partition coefficient (Wildman–Crippen LogP) is 3.89. The molecule has 2 N–H and O–H groups in total. The predicted molar refractivity (Wildman–Crippen MR) is 118 cm³/mol. The second-order valence-corrected chi connectivity index (χ2v) is 9.91. The second-order valence-electron chi connectivity index (χ2n) is 6.07. The third kappa shape index (κ3) is 6.85. The lowest BCUT2D eigenvalue weighted by Gasteiger charge is -2.15. The molecule has 1 atom stereocenters. The minimum atomic E-state index is -3.46. The maximum atomic E-state index is 11.4. The van der Waals surface area contributed by atoms with Gasteiger partial charge in [0, 0.05) is 12.0 Å². The molecule has 0 saturated heterocycles.